The number of nitrogens with one attached hydrogen (secondary N) is 1. The molecule has 6 heteroatoms. The standard InChI is InChI=1S/C10H9IN4O/c1-5-3-2-4-6(7(5)11)8-13-9(12)15-10(16)14-8/h2-4H,1H3,(H3,12,13,14,15,16). The van der Waals surface area contributed by atoms with E-state index >= 15 is 0 Å². The molecule has 5 nitrogen and oxygen atoms in total. The van der Waals surface area contributed by atoms with E-state index in [4.69, 9.17) is 5.73 Å². The molecule has 0 saturated carbocycles. The van der Waals surface area contributed by atoms with Gasteiger partial charge in [0.25, 0.3) is 0 Å². The van der Waals surface area contributed by atoms with Crippen molar-refractivity contribution in [3.05, 3.63) is 37.8 Å². The fourth-order valence-corrected chi connectivity index (χ4v) is 1.97. The summed E-state index contributed by atoms with van der Waals surface area (Å²) in [7, 11) is 0. The van der Waals surface area contributed by atoms with Crippen LogP contribution in [0.3, 0.4) is 0 Å². The average Bonchev–Trinajstić information content (AvgIpc) is 2.20. The van der Waals surface area contributed by atoms with Gasteiger partial charge in [-0.2, -0.15) is 9.97 Å². The predicted molar refractivity (Wildman–Crippen MR) is 70.0 cm³/mol. The molecule has 0 spiro atoms. The average molecular weight is 328 g/mol. The zero-order valence-electron chi connectivity index (χ0n) is 8.49. The maximum absolute atomic E-state index is 11.2. The summed E-state index contributed by atoms with van der Waals surface area (Å²) in [6.45, 7) is 1.99. The Bertz CT molecular complexity index is 594. The van der Waals surface area contributed by atoms with E-state index < -0.39 is 5.69 Å². The zero-order chi connectivity index (χ0) is 11.7. The van der Waals surface area contributed by atoms with Crippen LogP contribution in [0.25, 0.3) is 11.4 Å². The first-order valence-corrected chi connectivity index (χ1v) is 5.65. The number of anilines is 1. The Balaban J connectivity index is 2.67. The van der Waals surface area contributed by atoms with Crippen LogP contribution in [0, 0.1) is 10.5 Å². The van der Waals surface area contributed by atoms with E-state index in [0.717, 1.165) is 14.7 Å². The summed E-state index contributed by atoms with van der Waals surface area (Å²) in [4.78, 5) is 21.2. The highest BCUT2D eigenvalue weighted by Gasteiger charge is 2.08. The summed E-state index contributed by atoms with van der Waals surface area (Å²) in [5, 5.41) is 0. The first-order valence-electron chi connectivity index (χ1n) is 4.57. The largest absolute Gasteiger partial charge is 0.368 e. The molecule has 0 atom stereocenters. The third-order valence-electron chi connectivity index (χ3n) is 2.11. The van der Waals surface area contributed by atoms with Crippen molar-refractivity contribution in [2.75, 3.05) is 5.73 Å². The van der Waals surface area contributed by atoms with Crippen LogP contribution in [-0.2, 0) is 0 Å². The van der Waals surface area contributed by atoms with Crippen molar-refractivity contribution in [3.8, 4) is 11.4 Å². The lowest BCUT2D eigenvalue weighted by molar-refractivity contribution is 1.01. The summed E-state index contributed by atoms with van der Waals surface area (Å²) in [6, 6.07) is 5.78. The monoisotopic (exact) mass is 328 g/mol. The molecule has 1 heterocycles. The van der Waals surface area contributed by atoms with Crippen molar-refractivity contribution in [1.82, 2.24) is 15.0 Å². The molecule has 0 fully saturated rings. The summed E-state index contributed by atoms with van der Waals surface area (Å²) < 4.78 is 1.04. The summed E-state index contributed by atoms with van der Waals surface area (Å²) in [5.74, 6) is 0.432. The second kappa shape index (κ2) is 4.20. The van der Waals surface area contributed by atoms with Crippen LogP contribution in [0.2, 0.25) is 0 Å². The van der Waals surface area contributed by atoms with E-state index in [0.29, 0.717) is 5.82 Å². The van der Waals surface area contributed by atoms with Gasteiger partial charge in [-0.3, -0.25) is 4.98 Å². The van der Waals surface area contributed by atoms with Crippen molar-refractivity contribution in [2.45, 2.75) is 6.92 Å². The van der Waals surface area contributed by atoms with E-state index in [-0.39, 0.29) is 5.95 Å². The lowest BCUT2D eigenvalue weighted by atomic mass is 10.1. The lowest BCUT2D eigenvalue weighted by Crippen LogP contribution is -2.15. The molecule has 2 rings (SSSR count). The number of nitrogens with two attached hydrogens (primary N) is 1. The van der Waals surface area contributed by atoms with Crippen LogP contribution in [0.4, 0.5) is 5.95 Å². The van der Waals surface area contributed by atoms with E-state index in [1.165, 1.54) is 0 Å². The van der Waals surface area contributed by atoms with Gasteiger partial charge in [-0.25, -0.2) is 4.79 Å². The van der Waals surface area contributed by atoms with Crippen LogP contribution in [0.15, 0.2) is 23.0 Å². The molecule has 0 unspecified atom stereocenters. The van der Waals surface area contributed by atoms with Gasteiger partial charge in [0, 0.05) is 9.13 Å². The maximum Gasteiger partial charge on any atom is 0.349 e. The van der Waals surface area contributed by atoms with Crippen LogP contribution < -0.4 is 11.4 Å². The minimum atomic E-state index is -0.486. The molecular formula is C10H9IN4O. The fourth-order valence-electron chi connectivity index (χ4n) is 1.36. The minimum absolute atomic E-state index is 0.0175. The number of aromatic amines is 1. The van der Waals surface area contributed by atoms with Gasteiger partial charge in [0.15, 0.2) is 0 Å². The molecule has 16 heavy (non-hydrogen) atoms. The number of benzene rings is 1. The summed E-state index contributed by atoms with van der Waals surface area (Å²) in [6.07, 6.45) is 0. The molecule has 0 aliphatic carbocycles. The number of aryl methyl sites for hydroxylation is 1. The zero-order valence-corrected chi connectivity index (χ0v) is 10.6. The Kier molecular flexibility index (Phi) is 2.90. The topological polar surface area (TPSA) is 84.7 Å². The van der Waals surface area contributed by atoms with Gasteiger partial charge in [-0.15, -0.1) is 0 Å². The smallest absolute Gasteiger partial charge is 0.349 e. The highest BCUT2D eigenvalue weighted by atomic mass is 127. The molecule has 0 amide bonds. The van der Waals surface area contributed by atoms with Crippen molar-refractivity contribution in [3.63, 3.8) is 0 Å². The SMILES string of the molecule is Cc1cccc(-c2nc(N)nc(=O)[nH]2)c1I. The molecule has 82 valence electrons. The number of hydrogen-bond acceptors (Lipinski definition) is 4. The van der Waals surface area contributed by atoms with Crippen molar-refractivity contribution >= 4 is 28.5 Å². The Morgan fingerprint density at radius 2 is 2.12 bits per heavy atom. The van der Waals surface area contributed by atoms with Gasteiger partial charge < -0.3 is 5.73 Å². The lowest BCUT2D eigenvalue weighted by Gasteiger charge is -2.05. The van der Waals surface area contributed by atoms with Crippen LogP contribution in [0.1, 0.15) is 5.56 Å². The number of nitrogen functional groups attached to an aromatic ring is 1. The minimum Gasteiger partial charge on any atom is -0.368 e. The first-order chi connectivity index (χ1) is 7.58. The van der Waals surface area contributed by atoms with Gasteiger partial charge in [-0.1, -0.05) is 18.2 Å². The van der Waals surface area contributed by atoms with Crippen molar-refractivity contribution in [1.29, 1.82) is 0 Å². The molecule has 0 aliphatic rings. The number of rotatable bonds is 1. The van der Waals surface area contributed by atoms with Gasteiger partial charge in [0.1, 0.15) is 5.82 Å². The molecule has 0 radical (unpaired) electrons. The molecular weight excluding hydrogens is 319 g/mol. The molecule has 0 aliphatic heterocycles. The fraction of sp³-hybridized carbons (Fsp3) is 0.100. The van der Waals surface area contributed by atoms with Crippen LogP contribution >= 0.6 is 22.6 Å². The number of hydrogen-bond donors (Lipinski definition) is 2. The molecule has 2 aromatic rings. The second-order valence-corrected chi connectivity index (χ2v) is 4.38. The summed E-state index contributed by atoms with van der Waals surface area (Å²) >= 11 is 2.21. The van der Waals surface area contributed by atoms with E-state index in [1.54, 1.807) is 0 Å². The molecule has 1 aromatic heterocycles. The number of halogens is 1. The van der Waals surface area contributed by atoms with Gasteiger partial charge in [0.2, 0.25) is 5.95 Å². The Morgan fingerprint density at radius 1 is 1.38 bits per heavy atom. The Morgan fingerprint density at radius 3 is 2.81 bits per heavy atom. The quantitative estimate of drug-likeness (QED) is 0.774. The highest BCUT2D eigenvalue weighted by Crippen LogP contribution is 2.24. The normalized spacial score (nSPS) is 10.4. The maximum atomic E-state index is 11.2. The summed E-state index contributed by atoms with van der Waals surface area (Å²) in [5.41, 5.74) is 6.93. The van der Waals surface area contributed by atoms with Crippen molar-refractivity contribution in [2.24, 2.45) is 0 Å². The van der Waals surface area contributed by atoms with E-state index in [9.17, 15) is 4.79 Å². The van der Waals surface area contributed by atoms with Crippen LogP contribution in [-0.4, -0.2) is 15.0 Å². The van der Waals surface area contributed by atoms with Crippen molar-refractivity contribution < 1.29 is 0 Å². The third-order valence-corrected chi connectivity index (χ3v) is 3.55. The van der Waals surface area contributed by atoms with E-state index in [2.05, 4.69) is 37.5 Å². The second-order valence-electron chi connectivity index (χ2n) is 3.30. The Labute approximate surface area is 105 Å². The molecule has 3 N–H and O–H groups in total. The Hall–Kier alpha value is -1.44. The third kappa shape index (κ3) is 2.06. The molecule has 0 saturated heterocycles. The first kappa shape index (κ1) is 11.1. The van der Waals surface area contributed by atoms with E-state index in [1.807, 2.05) is 25.1 Å². The van der Waals surface area contributed by atoms with Gasteiger partial charge in [0.05, 0.1) is 0 Å². The van der Waals surface area contributed by atoms with Gasteiger partial charge >= 0.3 is 5.69 Å². The molecule has 0 bridgehead atoms. The number of nitrogens with zero attached hydrogens (tertiary/aromatic N) is 2. The van der Waals surface area contributed by atoms with Crippen LogP contribution in [0.5, 0.6) is 0 Å². The number of H-pyrrole nitrogens is 1. The number of aromatic nitrogens is 3. The molecule has 1 aromatic carbocycles. The highest BCUT2D eigenvalue weighted by molar-refractivity contribution is 14.1. The predicted octanol–water partition coefficient (Wildman–Crippen LogP) is 1.33. The van der Waals surface area contributed by atoms with Gasteiger partial charge in [-0.05, 0) is 35.1 Å².